The van der Waals surface area contributed by atoms with Crippen LogP contribution >= 0.6 is 0 Å². The molecular formula is C32H34F4N4O2. The van der Waals surface area contributed by atoms with Crippen LogP contribution in [0.1, 0.15) is 81.9 Å². The van der Waals surface area contributed by atoms with Crippen molar-refractivity contribution in [2.45, 2.75) is 81.7 Å². The first-order valence-electron chi connectivity index (χ1n) is 14.5. The Morgan fingerprint density at radius 3 is 2.36 bits per heavy atom. The zero-order valence-corrected chi connectivity index (χ0v) is 23.6. The number of amides is 1. The van der Waals surface area contributed by atoms with Gasteiger partial charge in [0.1, 0.15) is 0 Å². The molecule has 2 bridgehead atoms. The number of fused-ring (bicyclic) bond motifs is 3. The third kappa shape index (κ3) is 5.24. The minimum Gasteiger partial charge on any atom is -0.338 e. The van der Waals surface area contributed by atoms with Gasteiger partial charge in [0.15, 0.2) is 0 Å². The van der Waals surface area contributed by atoms with Crippen LogP contribution in [0.3, 0.4) is 0 Å². The van der Waals surface area contributed by atoms with Crippen molar-refractivity contribution >= 4 is 11.6 Å². The predicted octanol–water partition coefficient (Wildman–Crippen LogP) is 7.74. The monoisotopic (exact) mass is 582 g/mol. The number of halogens is 4. The van der Waals surface area contributed by atoms with Gasteiger partial charge >= 0.3 is 6.18 Å². The average molecular weight is 583 g/mol. The van der Waals surface area contributed by atoms with Gasteiger partial charge in [-0.15, -0.1) is 0 Å². The lowest BCUT2D eigenvalue weighted by atomic mass is 9.52. The number of pyridine rings is 1. The molecule has 0 saturated heterocycles. The zero-order valence-electron chi connectivity index (χ0n) is 23.6. The topological polar surface area (TPSA) is 72.1 Å². The maximum atomic E-state index is 13.7. The molecule has 0 aliphatic heterocycles. The summed E-state index contributed by atoms with van der Waals surface area (Å²) in [5.74, 6) is 0.754. The molecular weight excluding hydrogens is 548 g/mol. The van der Waals surface area contributed by atoms with Crippen molar-refractivity contribution in [2.24, 2.45) is 5.41 Å². The number of alkyl halides is 4. The summed E-state index contributed by atoms with van der Waals surface area (Å²) in [6, 6.07) is 10.1. The number of hydrogen-bond acceptors (Lipinski definition) is 5. The molecule has 0 spiro atoms. The fourth-order valence-corrected chi connectivity index (χ4v) is 6.59. The van der Waals surface area contributed by atoms with E-state index in [0.717, 1.165) is 69.2 Å². The molecule has 1 aromatic carbocycles. The van der Waals surface area contributed by atoms with Crippen molar-refractivity contribution in [3.63, 3.8) is 0 Å². The molecule has 2 aromatic heterocycles. The summed E-state index contributed by atoms with van der Waals surface area (Å²) >= 11 is 0. The van der Waals surface area contributed by atoms with Crippen molar-refractivity contribution in [3.05, 3.63) is 71.9 Å². The van der Waals surface area contributed by atoms with E-state index in [-0.39, 0.29) is 34.1 Å². The van der Waals surface area contributed by atoms with Gasteiger partial charge in [-0.25, -0.2) is 0 Å². The summed E-state index contributed by atoms with van der Waals surface area (Å²) in [6.45, 7) is 5.73. The number of rotatable bonds is 9. The first-order chi connectivity index (χ1) is 20.0. The van der Waals surface area contributed by atoms with Gasteiger partial charge in [0.05, 0.1) is 12.2 Å². The van der Waals surface area contributed by atoms with Crippen LogP contribution in [0.2, 0.25) is 0 Å². The van der Waals surface area contributed by atoms with Gasteiger partial charge in [-0.3, -0.25) is 14.2 Å². The lowest BCUT2D eigenvalue weighted by molar-refractivity contribution is -0.137. The summed E-state index contributed by atoms with van der Waals surface area (Å²) in [4.78, 5) is 24.2. The van der Waals surface area contributed by atoms with Gasteiger partial charge in [0.25, 0.3) is 5.91 Å². The second kappa shape index (κ2) is 10.3. The van der Waals surface area contributed by atoms with Gasteiger partial charge in [0, 0.05) is 52.5 Å². The Hall–Kier alpha value is -3.56. The van der Waals surface area contributed by atoms with Crippen molar-refractivity contribution in [1.82, 2.24) is 15.1 Å². The third-order valence-electron chi connectivity index (χ3n) is 9.83. The number of benzene rings is 1. The van der Waals surface area contributed by atoms with Crippen molar-refractivity contribution in [2.75, 3.05) is 18.1 Å². The molecule has 4 aliphatic rings. The Morgan fingerprint density at radius 2 is 1.76 bits per heavy atom. The minimum absolute atomic E-state index is 0.0441. The number of aromatic nitrogens is 3. The number of nitrogens with zero attached hydrogens (tertiary/aromatic N) is 4. The largest absolute Gasteiger partial charge is 0.417 e. The summed E-state index contributed by atoms with van der Waals surface area (Å²) in [5.41, 5.74) is 1.05. The standard InChI is InChI=1S/C32H34F4N4O2/c1-21(8-17-33)27(41)40(24-5-3-4-22(18-24)26-38-28(42-39-26)29(2)9-10-29)20-30-11-14-31(15-12-30,16-13-30)25-7-6-23(19-37-25)32(34,35)36/h3-7,18-19H,1,8-17,20H2,2H3. The molecule has 1 amide bonds. The van der Waals surface area contributed by atoms with Crippen LogP contribution in [0.25, 0.3) is 11.4 Å². The molecule has 0 radical (unpaired) electrons. The van der Waals surface area contributed by atoms with Crippen molar-refractivity contribution in [3.8, 4) is 11.4 Å². The number of carbonyl (C=O) groups excluding carboxylic acids is 1. The van der Waals surface area contributed by atoms with E-state index in [1.165, 1.54) is 6.07 Å². The van der Waals surface area contributed by atoms with E-state index in [0.29, 0.717) is 29.6 Å². The van der Waals surface area contributed by atoms with Crippen LogP contribution in [0.4, 0.5) is 23.2 Å². The van der Waals surface area contributed by atoms with E-state index in [1.54, 1.807) is 4.90 Å². The Morgan fingerprint density at radius 1 is 1.05 bits per heavy atom. The van der Waals surface area contributed by atoms with E-state index in [1.807, 2.05) is 24.3 Å². The summed E-state index contributed by atoms with van der Waals surface area (Å²) in [7, 11) is 0. The number of hydrogen-bond donors (Lipinski definition) is 0. The summed E-state index contributed by atoms with van der Waals surface area (Å²) in [5, 5.41) is 4.18. The smallest absolute Gasteiger partial charge is 0.338 e. The molecule has 10 heteroatoms. The van der Waals surface area contributed by atoms with Crippen LogP contribution < -0.4 is 4.90 Å². The fraction of sp³-hybridized carbons (Fsp3) is 0.500. The number of anilines is 1. The van der Waals surface area contributed by atoms with Crippen molar-refractivity contribution in [1.29, 1.82) is 0 Å². The highest BCUT2D eigenvalue weighted by Gasteiger charge is 2.51. The zero-order chi connectivity index (χ0) is 29.8. The van der Waals surface area contributed by atoms with E-state index in [9.17, 15) is 22.4 Å². The van der Waals surface area contributed by atoms with E-state index in [4.69, 9.17) is 4.52 Å². The number of carbonyl (C=O) groups is 1. The van der Waals surface area contributed by atoms with Gasteiger partial charge in [0.2, 0.25) is 11.7 Å². The van der Waals surface area contributed by atoms with E-state index < -0.39 is 18.4 Å². The Kier molecular flexibility index (Phi) is 7.01. The highest BCUT2D eigenvalue weighted by atomic mass is 19.4. The molecule has 42 heavy (non-hydrogen) atoms. The van der Waals surface area contributed by atoms with Crippen LogP contribution in [0, 0.1) is 5.41 Å². The molecule has 7 rings (SSSR count). The third-order valence-corrected chi connectivity index (χ3v) is 9.83. The van der Waals surface area contributed by atoms with Crippen LogP contribution in [0.15, 0.2) is 59.3 Å². The van der Waals surface area contributed by atoms with Crippen LogP contribution in [0.5, 0.6) is 0 Å². The predicted molar refractivity (Wildman–Crippen MR) is 149 cm³/mol. The highest BCUT2D eigenvalue weighted by molar-refractivity contribution is 6.05. The Labute approximate surface area is 242 Å². The van der Waals surface area contributed by atoms with Gasteiger partial charge in [-0.1, -0.05) is 30.8 Å². The van der Waals surface area contributed by atoms with Crippen LogP contribution in [-0.2, 0) is 21.8 Å². The quantitative estimate of drug-likeness (QED) is 0.191. The summed E-state index contributed by atoms with van der Waals surface area (Å²) < 4.78 is 58.0. The first kappa shape index (κ1) is 28.6. The molecule has 2 heterocycles. The molecule has 4 saturated carbocycles. The van der Waals surface area contributed by atoms with Gasteiger partial charge < -0.3 is 9.42 Å². The second-order valence-corrected chi connectivity index (χ2v) is 12.7. The average Bonchev–Trinajstić information content (AvgIpc) is 3.54. The molecule has 222 valence electrons. The van der Waals surface area contributed by atoms with Crippen LogP contribution in [-0.4, -0.2) is 34.3 Å². The molecule has 0 atom stereocenters. The fourth-order valence-electron chi connectivity index (χ4n) is 6.59. The molecule has 0 unspecified atom stereocenters. The van der Waals surface area contributed by atoms with E-state index >= 15 is 0 Å². The minimum atomic E-state index is -4.42. The molecule has 0 N–H and O–H groups in total. The Balaban J connectivity index is 1.24. The maximum Gasteiger partial charge on any atom is 0.417 e. The van der Waals surface area contributed by atoms with Gasteiger partial charge in [-0.05, 0) is 81.0 Å². The molecule has 3 aromatic rings. The normalized spacial score (nSPS) is 24.4. The maximum absolute atomic E-state index is 13.7. The summed E-state index contributed by atoms with van der Waals surface area (Å²) in [6.07, 6.45) is 3.25. The second-order valence-electron chi connectivity index (χ2n) is 12.7. The molecule has 4 aliphatic carbocycles. The Bertz CT molecular complexity index is 1470. The van der Waals surface area contributed by atoms with E-state index in [2.05, 4.69) is 28.6 Å². The van der Waals surface area contributed by atoms with Crippen molar-refractivity contribution < 1.29 is 26.9 Å². The molecule has 4 fully saturated rings. The highest BCUT2D eigenvalue weighted by Crippen LogP contribution is 2.58. The SMILES string of the molecule is C=C(CCF)C(=O)N(CC12CCC(c3ccc(C(F)(F)F)cn3)(CC1)CC2)c1cccc(-c2noc(C3(C)CC3)n2)c1. The molecule has 6 nitrogen and oxygen atoms in total. The first-order valence-corrected chi connectivity index (χ1v) is 14.5. The lowest BCUT2D eigenvalue weighted by Gasteiger charge is -2.54. The lowest BCUT2D eigenvalue weighted by Crippen LogP contribution is -2.51. The van der Waals surface area contributed by atoms with Gasteiger partial charge in [-0.2, -0.15) is 18.2 Å².